The summed E-state index contributed by atoms with van der Waals surface area (Å²) in [5, 5.41) is 0. The number of nitrogens with zero attached hydrogens (tertiary/aromatic N) is 1. The standard InChI is InChI=1S/C13H18N2O/c1-3-15(10-5-6-10)13(16)11-8-9(2)4-7-12(11)14/h4,7-8,10H,3,5-6,14H2,1-2H3. The molecular weight excluding hydrogens is 200 g/mol. The van der Waals surface area contributed by atoms with E-state index in [1.165, 1.54) is 0 Å². The van der Waals surface area contributed by atoms with E-state index in [0.29, 0.717) is 17.3 Å². The molecule has 1 saturated carbocycles. The molecule has 2 rings (SSSR count). The van der Waals surface area contributed by atoms with E-state index in [-0.39, 0.29) is 5.91 Å². The zero-order chi connectivity index (χ0) is 11.7. The lowest BCUT2D eigenvalue weighted by Crippen LogP contribution is -2.33. The molecule has 0 aromatic heterocycles. The number of aryl methyl sites for hydroxylation is 1. The monoisotopic (exact) mass is 218 g/mol. The Hall–Kier alpha value is -1.51. The van der Waals surface area contributed by atoms with Crippen LogP contribution < -0.4 is 5.73 Å². The van der Waals surface area contributed by atoms with Crippen LogP contribution in [-0.2, 0) is 0 Å². The Balaban J connectivity index is 2.28. The first-order valence-electron chi connectivity index (χ1n) is 5.80. The van der Waals surface area contributed by atoms with Gasteiger partial charge in [0.15, 0.2) is 0 Å². The molecule has 0 aliphatic heterocycles. The van der Waals surface area contributed by atoms with Crippen LogP contribution in [0, 0.1) is 6.92 Å². The maximum atomic E-state index is 12.3. The van der Waals surface area contributed by atoms with Gasteiger partial charge < -0.3 is 10.6 Å². The minimum absolute atomic E-state index is 0.0752. The highest BCUT2D eigenvalue weighted by molar-refractivity contribution is 5.99. The van der Waals surface area contributed by atoms with Gasteiger partial charge in [-0.1, -0.05) is 11.6 Å². The second kappa shape index (κ2) is 4.16. The van der Waals surface area contributed by atoms with Gasteiger partial charge in [0, 0.05) is 18.3 Å². The molecule has 16 heavy (non-hydrogen) atoms. The van der Waals surface area contributed by atoms with Crippen molar-refractivity contribution in [3.63, 3.8) is 0 Å². The van der Waals surface area contributed by atoms with Crippen LogP contribution in [0.3, 0.4) is 0 Å². The summed E-state index contributed by atoms with van der Waals surface area (Å²) in [4.78, 5) is 14.2. The number of nitrogens with two attached hydrogens (primary N) is 1. The molecular formula is C13H18N2O. The number of carbonyl (C=O) groups is 1. The average molecular weight is 218 g/mol. The summed E-state index contributed by atoms with van der Waals surface area (Å²) in [6.45, 7) is 4.75. The molecule has 1 aromatic carbocycles. The van der Waals surface area contributed by atoms with Crippen LogP contribution >= 0.6 is 0 Å². The fourth-order valence-electron chi connectivity index (χ4n) is 1.96. The van der Waals surface area contributed by atoms with E-state index in [9.17, 15) is 4.79 Å². The normalized spacial score (nSPS) is 14.9. The van der Waals surface area contributed by atoms with Crippen LogP contribution in [0.5, 0.6) is 0 Å². The zero-order valence-corrected chi connectivity index (χ0v) is 9.86. The number of hydrogen-bond acceptors (Lipinski definition) is 2. The maximum Gasteiger partial charge on any atom is 0.256 e. The number of carbonyl (C=O) groups excluding carboxylic acids is 1. The van der Waals surface area contributed by atoms with E-state index in [4.69, 9.17) is 5.73 Å². The van der Waals surface area contributed by atoms with Gasteiger partial charge >= 0.3 is 0 Å². The van der Waals surface area contributed by atoms with Crippen molar-refractivity contribution in [3.05, 3.63) is 29.3 Å². The molecule has 0 heterocycles. The van der Waals surface area contributed by atoms with Gasteiger partial charge in [-0.15, -0.1) is 0 Å². The van der Waals surface area contributed by atoms with E-state index in [1.807, 2.05) is 36.9 Å². The van der Waals surface area contributed by atoms with Crippen LogP contribution in [-0.4, -0.2) is 23.4 Å². The Morgan fingerprint density at radius 2 is 2.19 bits per heavy atom. The van der Waals surface area contributed by atoms with Crippen molar-refractivity contribution in [1.29, 1.82) is 0 Å². The van der Waals surface area contributed by atoms with E-state index in [2.05, 4.69) is 0 Å². The van der Waals surface area contributed by atoms with Crippen LogP contribution in [0.25, 0.3) is 0 Å². The second-order valence-corrected chi connectivity index (χ2v) is 4.41. The summed E-state index contributed by atoms with van der Waals surface area (Å²) in [6, 6.07) is 6.06. The quantitative estimate of drug-likeness (QED) is 0.790. The number of amides is 1. The summed E-state index contributed by atoms with van der Waals surface area (Å²) in [5.74, 6) is 0.0752. The van der Waals surface area contributed by atoms with Crippen LogP contribution in [0.1, 0.15) is 35.7 Å². The summed E-state index contributed by atoms with van der Waals surface area (Å²) in [5.41, 5.74) is 8.15. The Morgan fingerprint density at radius 3 is 2.75 bits per heavy atom. The minimum Gasteiger partial charge on any atom is -0.398 e. The van der Waals surface area contributed by atoms with Crippen LogP contribution in [0.4, 0.5) is 5.69 Å². The van der Waals surface area contributed by atoms with E-state index in [1.54, 1.807) is 0 Å². The van der Waals surface area contributed by atoms with Crippen molar-refractivity contribution >= 4 is 11.6 Å². The van der Waals surface area contributed by atoms with Crippen LogP contribution in [0.2, 0.25) is 0 Å². The molecule has 0 spiro atoms. The highest BCUT2D eigenvalue weighted by Gasteiger charge is 2.32. The molecule has 1 aliphatic rings. The van der Waals surface area contributed by atoms with Crippen molar-refractivity contribution < 1.29 is 4.79 Å². The fourth-order valence-corrected chi connectivity index (χ4v) is 1.96. The average Bonchev–Trinajstić information content (AvgIpc) is 3.07. The zero-order valence-electron chi connectivity index (χ0n) is 9.86. The smallest absolute Gasteiger partial charge is 0.256 e. The molecule has 2 N–H and O–H groups in total. The molecule has 3 nitrogen and oxygen atoms in total. The SMILES string of the molecule is CCN(C(=O)c1cc(C)ccc1N)C1CC1. The molecule has 0 saturated heterocycles. The predicted octanol–water partition coefficient (Wildman–Crippen LogP) is 2.20. The third-order valence-electron chi connectivity index (χ3n) is 3.03. The topological polar surface area (TPSA) is 46.3 Å². The summed E-state index contributed by atoms with van der Waals surface area (Å²) in [6.07, 6.45) is 2.26. The lowest BCUT2D eigenvalue weighted by molar-refractivity contribution is 0.0753. The molecule has 1 fully saturated rings. The van der Waals surface area contributed by atoms with Gasteiger partial charge in [-0.3, -0.25) is 4.79 Å². The van der Waals surface area contributed by atoms with Crippen molar-refractivity contribution in [1.82, 2.24) is 4.90 Å². The van der Waals surface area contributed by atoms with E-state index in [0.717, 1.165) is 24.9 Å². The van der Waals surface area contributed by atoms with Crippen molar-refractivity contribution in [2.45, 2.75) is 32.7 Å². The van der Waals surface area contributed by atoms with Gasteiger partial charge in [-0.25, -0.2) is 0 Å². The van der Waals surface area contributed by atoms with E-state index < -0.39 is 0 Å². The first-order valence-corrected chi connectivity index (χ1v) is 5.80. The lowest BCUT2D eigenvalue weighted by atomic mass is 10.1. The van der Waals surface area contributed by atoms with E-state index >= 15 is 0 Å². The Kier molecular flexibility index (Phi) is 2.86. The third kappa shape index (κ3) is 2.03. The van der Waals surface area contributed by atoms with Gasteiger partial charge in [0.1, 0.15) is 0 Å². The van der Waals surface area contributed by atoms with Gasteiger partial charge in [-0.05, 0) is 38.8 Å². The van der Waals surface area contributed by atoms with Gasteiger partial charge in [0.2, 0.25) is 0 Å². The predicted molar refractivity (Wildman–Crippen MR) is 65.3 cm³/mol. The molecule has 0 bridgehead atoms. The number of anilines is 1. The second-order valence-electron chi connectivity index (χ2n) is 4.41. The molecule has 0 unspecified atom stereocenters. The fraction of sp³-hybridized carbons (Fsp3) is 0.462. The third-order valence-corrected chi connectivity index (χ3v) is 3.03. The molecule has 0 atom stereocenters. The van der Waals surface area contributed by atoms with Gasteiger partial charge in [-0.2, -0.15) is 0 Å². The Labute approximate surface area is 96.2 Å². The summed E-state index contributed by atoms with van der Waals surface area (Å²) in [7, 11) is 0. The molecule has 3 heteroatoms. The highest BCUT2D eigenvalue weighted by atomic mass is 16.2. The molecule has 0 radical (unpaired) electrons. The molecule has 1 amide bonds. The van der Waals surface area contributed by atoms with Crippen molar-refractivity contribution in [2.24, 2.45) is 0 Å². The number of hydrogen-bond donors (Lipinski definition) is 1. The van der Waals surface area contributed by atoms with Crippen molar-refractivity contribution in [2.75, 3.05) is 12.3 Å². The molecule has 1 aromatic rings. The van der Waals surface area contributed by atoms with Gasteiger partial charge in [0.05, 0.1) is 5.56 Å². The van der Waals surface area contributed by atoms with Crippen molar-refractivity contribution in [3.8, 4) is 0 Å². The maximum absolute atomic E-state index is 12.3. The number of benzene rings is 1. The Morgan fingerprint density at radius 1 is 1.50 bits per heavy atom. The summed E-state index contributed by atoms with van der Waals surface area (Å²) >= 11 is 0. The number of nitrogen functional groups attached to an aromatic ring is 1. The first-order chi connectivity index (χ1) is 7.63. The minimum atomic E-state index is 0.0752. The summed E-state index contributed by atoms with van der Waals surface area (Å²) < 4.78 is 0. The first kappa shape index (κ1) is 11.0. The van der Waals surface area contributed by atoms with Gasteiger partial charge in [0.25, 0.3) is 5.91 Å². The lowest BCUT2D eigenvalue weighted by Gasteiger charge is -2.21. The molecule has 1 aliphatic carbocycles. The highest BCUT2D eigenvalue weighted by Crippen LogP contribution is 2.29. The molecule has 86 valence electrons. The largest absolute Gasteiger partial charge is 0.398 e. The number of rotatable bonds is 3. The van der Waals surface area contributed by atoms with Crippen LogP contribution in [0.15, 0.2) is 18.2 Å². The Bertz CT molecular complexity index is 410.